The number of nitrogens with one attached hydrogen (secondary N) is 2. The standard InChI is InChI=1S/C15H19N5O2/c1-20-10-17-9-13(20)14-8-12(4-7-22-14)19-15(21)18-11-2-5-16-6-3-11/h2-3,5-6,9-10,12,14H,4,7-8H2,1H3,(H2,16,18,19,21)/t12-,14+/m0/s1. The van der Waals surface area contributed by atoms with Gasteiger partial charge in [-0.05, 0) is 25.0 Å². The fraction of sp³-hybridized carbons (Fsp3) is 0.400. The van der Waals surface area contributed by atoms with Crippen LogP contribution in [0.2, 0.25) is 0 Å². The Morgan fingerprint density at radius 2 is 2.18 bits per heavy atom. The normalized spacial score (nSPS) is 21.3. The third kappa shape index (κ3) is 3.43. The van der Waals surface area contributed by atoms with E-state index in [1.807, 2.05) is 17.8 Å². The molecule has 0 aliphatic carbocycles. The van der Waals surface area contributed by atoms with Gasteiger partial charge in [0.05, 0.1) is 18.2 Å². The van der Waals surface area contributed by atoms with Gasteiger partial charge >= 0.3 is 6.03 Å². The number of carbonyl (C=O) groups is 1. The van der Waals surface area contributed by atoms with Crippen molar-refractivity contribution < 1.29 is 9.53 Å². The van der Waals surface area contributed by atoms with Gasteiger partial charge in [0, 0.05) is 37.8 Å². The van der Waals surface area contributed by atoms with E-state index in [1.54, 1.807) is 30.9 Å². The van der Waals surface area contributed by atoms with Crippen LogP contribution in [-0.4, -0.2) is 33.2 Å². The molecule has 1 aliphatic heterocycles. The molecular formula is C15H19N5O2. The highest BCUT2D eigenvalue weighted by Crippen LogP contribution is 2.27. The third-order valence-electron chi connectivity index (χ3n) is 3.74. The number of amides is 2. The SMILES string of the molecule is Cn1cncc1[C@H]1C[C@@H](NC(=O)Nc2ccncc2)CCO1. The maximum Gasteiger partial charge on any atom is 0.319 e. The zero-order chi connectivity index (χ0) is 15.4. The number of hydrogen-bond donors (Lipinski definition) is 2. The van der Waals surface area contributed by atoms with Crippen molar-refractivity contribution in [2.24, 2.45) is 7.05 Å². The lowest BCUT2D eigenvalue weighted by molar-refractivity contribution is -0.00151. The van der Waals surface area contributed by atoms with Crippen molar-refractivity contribution in [3.63, 3.8) is 0 Å². The lowest BCUT2D eigenvalue weighted by atomic mass is 10.0. The van der Waals surface area contributed by atoms with Gasteiger partial charge in [-0.1, -0.05) is 0 Å². The molecule has 3 heterocycles. The zero-order valence-corrected chi connectivity index (χ0v) is 12.4. The Balaban J connectivity index is 1.56. The van der Waals surface area contributed by atoms with Crippen molar-refractivity contribution in [3.05, 3.63) is 42.7 Å². The summed E-state index contributed by atoms with van der Waals surface area (Å²) in [5.74, 6) is 0. The molecule has 0 bridgehead atoms. The molecule has 2 aromatic heterocycles. The summed E-state index contributed by atoms with van der Waals surface area (Å²) in [4.78, 5) is 20.1. The first-order chi connectivity index (χ1) is 10.7. The molecule has 2 aromatic rings. The number of anilines is 1. The van der Waals surface area contributed by atoms with Crippen LogP contribution in [0.1, 0.15) is 24.6 Å². The zero-order valence-electron chi connectivity index (χ0n) is 12.4. The van der Waals surface area contributed by atoms with Crippen LogP contribution in [0.5, 0.6) is 0 Å². The Kier molecular flexibility index (Phi) is 4.34. The molecule has 2 atom stereocenters. The minimum Gasteiger partial charge on any atom is -0.372 e. The molecular weight excluding hydrogens is 282 g/mol. The van der Waals surface area contributed by atoms with E-state index in [0.717, 1.165) is 24.2 Å². The number of pyridine rings is 1. The van der Waals surface area contributed by atoms with Gasteiger partial charge in [0.15, 0.2) is 0 Å². The molecule has 0 aromatic carbocycles. The third-order valence-corrected chi connectivity index (χ3v) is 3.74. The average molecular weight is 301 g/mol. The summed E-state index contributed by atoms with van der Waals surface area (Å²) in [7, 11) is 1.94. The van der Waals surface area contributed by atoms with Crippen LogP contribution in [0.25, 0.3) is 0 Å². The highest BCUT2D eigenvalue weighted by molar-refractivity contribution is 5.89. The van der Waals surface area contributed by atoms with Crippen LogP contribution in [-0.2, 0) is 11.8 Å². The predicted octanol–water partition coefficient (Wildman–Crippen LogP) is 1.86. The molecule has 7 nitrogen and oxygen atoms in total. The fourth-order valence-corrected chi connectivity index (χ4v) is 2.60. The van der Waals surface area contributed by atoms with E-state index >= 15 is 0 Å². The summed E-state index contributed by atoms with van der Waals surface area (Å²) in [6, 6.07) is 3.38. The number of aryl methyl sites for hydroxylation is 1. The molecule has 0 radical (unpaired) electrons. The maximum atomic E-state index is 12.0. The van der Waals surface area contributed by atoms with Crippen molar-refractivity contribution in [2.75, 3.05) is 11.9 Å². The van der Waals surface area contributed by atoms with Gasteiger partial charge < -0.3 is 19.9 Å². The second-order valence-electron chi connectivity index (χ2n) is 5.34. The topological polar surface area (TPSA) is 81.1 Å². The van der Waals surface area contributed by atoms with E-state index in [9.17, 15) is 4.79 Å². The first-order valence-electron chi connectivity index (χ1n) is 7.28. The van der Waals surface area contributed by atoms with Crippen LogP contribution in [0, 0.1) is 0 Å². The molecule has 116 valence electrons. The summed E-state index contributed by atoms with van der Waals surface area (Å²) in [6.45, 7) is 0.621. The van der Waals surface area contributed by atoms with E-state index in [1.165, 1.54) is 0 Å². The molecule has 2 N–H and O–H groups in total. The number of hydrogen-bond acceptors (Lipinski definition) is 4. The van der Waals surface area contributed by atoms with Crippen LogP contribution >= 0.6 is 0 Å². The molecule has 0 unspecified atom stereocenters. The van der Waals surface area contributed by atoms with E-state index in [-0.39, 0.29) is 18.2 Å². The smallest absolute Gasteiger partial charge is 0.319 e. The molecule has 3 rings (SSSR count). The molecule has 0 saturated carbocycles. The van der Waals surface area contributed by atoms with E-state index in [4.69, 9.17) is 4.74 Å². The predicted molar refractivity (Wildman–Crippen MR) is 81.3 cm³/mol. The quantitative estimate of drug-likeness (QED) is 0.906. The molecule has 1 fully saturated rings. The highest BCUT2D eigenvalue weighted by Gasteiger charge is 2.26. The lowest BCUT2D eigenvalue weighted by Crippen LogP contribution is -2.42. The second kappa shape index (κ2) is 6.57. The van der Waals surface area contributed by atoms with Crippen LogP contribution in [0.3, 0.4) is 0 Å². The van der Waals surface area contributed by atoms with Crippen molar-refractivity contribution in [2.45, 2.75) is 25.0 Å². The number of carbonyl (C=O) groups excluding carboxylic acids is 1. The summed E-state index contributed by atoms with van der Waals surface area (Å²) in [5.41, 5.74) is 1.75. The first-order valence-corrected chi connectivity index (χ1v) is 7.28. The van der Waals surface area contributed by atoms with Crippen molar-refractivity contribution in [1.29, 1.82) is 0 Å². The lowest BCUT2D eigenvalue weighted by Gasteiger charge is -2.30. The maximum absolute atomic E-state index is 12.0. The van der Waals surface area contributed by atoms with E-state index < -0.39 is 0 Å². The van der Waals surface area contributed by atoms with E-state index in [0.29, 0.717) is 6.61 Å². The molecule has 1 saturated heterocycles. The summed E-state index contributed by atoms with van der Waals surface area (Å²) in [6.07, 6.45) is 8.36. The fourth-order valence-electron chi connectivity index (χ4n) is 2.60. The van der Waals surface area contributed by atoms with Crippen molar-refractivity contribution in [1.82, 2.24) is 19.9 Å². The van der Waals surface area contributed by atoms with Gasteiger partial charge in [-0.15, -0.1) is 0 Å². The molecule has 22 heavy (non-hydrogen) atoms. The first kappa shape index (κ1) is 14.5. The van der Waals surface area contributed by atoms with Gasteiger partial charge in [0.25, 0.3) is 0 Å². The van der Waals surface area contributed by atoms with Crippen molar-refractivity contribution in [3.8, 4) is 0 Å². The Morgan fingerprint density at radius 3 is 2.91 bits per heavy atom. The number of imidazole rings is 1. The number of rotatable bonds is 3. The van der Waals surface area contributed by atoms with Crippen molar-refractivity contribution >= 4 is 11.7 Å². The van der Waals surface area contributed by atoms with Gasteiger partial charge in [0.2, 0.25) is 0 Å². The van der Waals surface area contributed by atoms with E-state index in [2.05, 4.69) is 20.6 Å². The number of aromatic nitrogens is 3. The highest BCUT2D eigenvalue weighted by atomic mass is 16.5. The van der Waals surface area contributed by atoms with Gasteiger partial charge in [-0.3, -0.25) is 4.98 Å². The molecule has 1 aliphatic rings. The molecule has 2 amide bonds. The molecule has 7 heteroatoms. The Labute approximate surface area is 128 Å². The van der Waals surface area contributed by atoms with Crippen LogP contribution in [0.4, 0.5) is 10.5 Å². The Bertz CT molecular complexity index is 628. The summed E-state index contributed by atoms with van der Waals surface area (Å²) in [5, 5.41) is 5.80. The largest absolute Gasteiger partial charge is 0.372 e. The minimum absolute atomic E-state index is 0.0347. The average Bonchev–Trinajstić information content (AvgIpc) is 2.94. The van der Waals surface area contributed by atoms with Crippen LogP contribution in [0.15, 0.2) is 37.1 Å². The summed E-state index contributed by atoms with van der Waals surface area (Å²) < 4.78 is 7.74. The summed E-state index contributed by atoms with van der Waals surface area (Å²) >= 11 is 0. The number of urea groups is 1. The van der Waals surface area contributed by atoms with Gasteiger partial charge in [0.1, 0.15) is 6.10 Å². The number of nitrogens with zero attached hydrogens (tertiary/aromatic N) is 3. The Morgan fingerprint density at radius 1 is 1.36 bits per heavy atom. The monoisotopic (exact) mass is 301 g/mol. The second-order valence-corrected chi connectivity index (χ2v) is 5.34. The van der Waals surface area contributed by atoms with Gasteiger partial charge in [-0.25, -0.2) is 9.78 Å². The minimum atomic E-state index is -0.207. The Hall–Kier alpha value is -2.41. The molecule has 0 spiro atoms. The van der Waals surface area contributed by atoms with Crippen LogP contribution < -0.4 is 10.6 Å². The number of ether oxygens (including phenoxy) is 1. The van der Waals surface area contributed by atoms with Gasteiger partial charge in [-0.2, -0.15) is 0 Å².